The fourth-order valence-electron chi connectivity index (χ4n) is 2.73. The van der Waals surface area contributed by atoms with E-state index in [1.165, 1.54) is 11.3 Å². The normalized spacial score (nSPS) is 20.7. The summed E-state index contributed by atoms with van der Waals surface area (Å²) in [7, 11) is -3.43. The summed E-state index contributed by atoms with van der Waals surface area (Å²) in [5.41, 5.74) is 0. The van der Waals surface area contributed by atoms with E-state index >= 15 is 0 Å². The number of aromatic nitrogens is 2. The van der Waals surface area contributed by atoms with E-state index in [2.05, 4.69) is 9.97 Å². The Kier molecular flexibility index (Phi) is 4.14. The van der Waals surface area contributed by atoms with E-state index in [-0.39, 0.29) is 6.04 Å². The fourth-order valence-corrected chi connectivity index (χ4v) is 5.81. The van der Waals surface area contributed by atoms with Crippen LogP contribution in [-0.2, 0) is 16.4 Å². The van der Waals surface area contributed by atoms with Crippen molar-refractivity contribution in [1.29, 1.82) is 0 Å². The average Bonchev–Trinajstić information content (AvgIpc) is 3.18. The molecule has 1 saturated heterocycles. The molecule has 114 valence electrons. The highest BCUT2D eigenvalue weighted by molar-refractivity contribution is 7.91. The summed E-state index contributed by atoms with van der Waals surface area (Å²) >= 11 is 1.37. The Balaban J connectivity index is 1.95. The van der Waals surface area contributed by atoms with E-state index in [9.17, 15) is 8.42 Å². The fraction of sp³-hybridized carbons (Fsp3) is 0.500. The second-order valence-corrected chi connectivity index (χ2v) is 8.46. The molecule has 3 rings (SSSR count). The van der Waals surface area contributed by atoms with Gasteiger partial charge in [0.2, 0.25) is 0 Å². The first-order valence-corrected chi connectivity index (χ1v) is 9.48. The lowest BCUT2D eigenvalue weighted by atomic mass is 10.0. The highest BCUT2D eigenvalue weighted by Gasteiger charge is 2.36. The molecule has 2 aromatic heterocycles. The molecule has 0 bridgehead atoms. The SMILES string of the molecule is CCc1ccc(S(=O)(=O)N2CCCC[C@H]2c2ncc[nH]2)s1. The number of thiophene rings is 1. The molecule has 0 aliphatic carbocycles. The summed E-state index contributed by atoms with van der Waals surface area (Å²) in [6.07, 6.45) is 7.04. The van der Waals surface area contributed by atoms with Gasteiger partial charge in [0.05, 0.1) is 6.04 Å². The maximum Gasteiger partial charge on any atom is 0.253 e. The third-order valence-electron chi connectivity index (χ3n) is 3.84. The number of hydrogen-bond donors (Lipinski definition) is 1. The predicted octanol–water partition coefficient (Wildman–Crippen LogP) is 2.95. The zero-order chi connectivity index (χ0) is 14.9. The third kappa shape index (κ3) is 2.77. The van der Waals surface area contributed by atoms with Crippen LogP contribution in [0.4, 0.5) is 0 Å². The van der Waals surface area contributed by atoms with Gasteiger partial charge in [0.15, 0.2) is 0 Å². The topological polar surface area (TPSA) is 66.1 Å². The third-order valence-corrected chi connectivity index (χ3v) is 7.44. The standard InChI is InChI=1S/C14H19N3O2S2/c1-2-11-6-7-13(20-11)21(18,19)17-10-4-3-5-12(17)14-15-8-9-16-14/h6-9,12H,2-5,10H2,1H3,(H,15,16)/t12-/m0/s1. The van der Waals surface area contributed by atoms with Crippen molar-refractivity contribution in [3.8, 4) is 0 Å². The molecule has 3 heterocycles. The van der Waals surface area contributed by atoms with Gasteiger partial charge < -0.3 is 4.98 Å². The molecule has 0 spiro atoms. The predicted molar refractivity (Wildman–Crippen MR) is 82.8 cm³/mol. The molecule has 1 fully saturated rings. The maximum absolute atomic E-state index is 12.9. The van der Waals surface area contributed by atoms with Crippen LogP contribution < -0.4 is 0 Å². The van der Waals surface area contributed by atoms with E-state index in [1.54, 1.807) is 22.8 Å². The number of nitrogens with one attached hydrogen (secondary N) is 1. The van der Waals surface area contributed by atoms with Crippen LogP contribution in [0, 0.1) is 0 Å². The average molecular weight is 325 g/mol. The van der Waals surface area contributed by atoms with E-state index in [1.807, 2.05) is 13.0 Å². The van der Waals surface area contributed by atoms with Crippen LogP contribution in [0.1, 0.15) is 42.9 Å². The molecule has 5 nitrogen and oxygen atoms in total. The van der Waals surface area contributed by atoms with E-state index < -0.39 is 10.0 Å². The molecule has 1 aliphatic rings. The van der Waals surface area contributed by atoms with Crippen molar-refractivity contribution in [2.45, 2.75) is 42.9 Å². The van der Waals surface area contributed by atoms with Crippen molar-refractivity contribution >= 4 is 21.4 Å². The van der Waals surface area contributed by atoms with Gasteiger partial charge in [-0.15, -0.1) is 11.3 Å². The Morgan fingerprint density at radius 1 is 1.43 bits per heavy atom. The van der Waals surface area contributed by atoms with Crippen LogP contribution >= 0.6 is 11.3 Å². The van der Waals surface area contributed by atoms with Crippen LogP contribution in [0.5, 0.6) is 0 Å². The van der Waals surface area contributed by atoms with Crippen molar-refractivity contribution in [1.82, 2.24) is 14.3 Å². The van der Waals surface area contributed by atoms with Gasteiger partial charge in [-0.3, -0.25) is 0 Å². The summed E-state index contributed by atoms with van der Waals surface area (Å²) in [5, 5.41) is 0. The number of nitrogens with zero attached hydrogens (tertiary/aromatic N) is 2. The number of aromatic amines is 1. The summed E-state index contributed by atoms with van der Waals surface area (Å²) in [5.74, 6) is 0.741. The lowest BCUT2D eigenvalue weighted by Gasteiger charge is -2.33. The minimum Gasteiger partial charge on any atom is -0.347 e. The van der Waals surface area contributed by atoms with E-state index in [0.717, 1.165) is 36.4 Å². The van der Waals surface area contributed by atoms with Crippen LogP contribution in [-0.4, -0.2) is 29.2 Å². The zero-order valence-corrected chi connectivity index (χ0v) is 13.6. The molecular weight excluding hydrogens is 306 g/mol. The van der Waals surface area contributed by atoms with Crippen molar-refractivity contribution in [3.05, 3.63) is 35.2 Å². The highest BCUT2D eigenvalue weighted by atomic mass is 32.2. The molecule has 2 aromatic rings. The molecule has 21 heavy (non-hydrogen) atoms. The molecule has 0 radical (unpaired) electrons. The Bertz CT molecular complexity index is 692. The molecule has 7 heteroatoms. The molecule has 0 saturated carbocycles. The molecule has 0 amide bonds. The lowest BCUT2D eigenvalue weighted by Crippen LogP contribution is -2.38. The van der Waals surface area contributed by atoms with E-state index in [4.69, 9.17) is 0 Å². The zero-order valence-electron chi connectivity index (χ0n) is 11.9. The van der Waals surface area contributed by atoms with Gasteiger partial charge in [-0.2, -0.15) is 4.31 Å². The van der Waals surface area contributed by atoms with Gasteiger partial charge in [-0.1, -0.05) is 13.3 Å². The van der Waals surface area contributed by atoms with Crippen molar-refractivity contribution in [2.75, 3.05) is 6.54 Å². The number of imidazole rings is 1. The molecule has 1 atom stereocenters. The minimum absolute atomic E-state index is 0.175. The van der Waals surface area contributed by atoms with Crippen LogP contribution in [0.15, 0.2) is 28.7 Å². The van der Waals surface area contributed by atoms with Gasteiger partial charge in [0, 0.05) is 23.8 Å². The second-order valence-electron chi connectivity index (χ2n) is 5.18. The van der Waals surface area contributed by atoms with Gasteiger partial charge in [-0.25, -0.2) is 13.4 Å². The first-order valence-electron chi connectivity index (χ1n) is 7.22. The molecular formula is C14H19N3O2S2. The molecule has 0 unspecified atom stereocenters. The van der Waals surface area contributed by atoms with Gasteiger partial charge in [0.25, 0.3) is 10.0 Å². The number of rotatable bonds is 4. The largest absolute Gasteiger partial charge is 0.347 e. The number of H-pyrrole nitrogens is 1. The Morgan fingerprint density at radius 3 is 2.95 bits per heavy atom. The second kappa shape index (κ2) is 5.90. The summed E-state index contributed by atoms with van der Waals surface area (Å²) < 4.78 is 27.9. The van der Waals surface area contributed by atoms with Crippen molar-refractivity contribution < 1.29 is 8.42 Å². The minimum atomic E-state index is -3.43. The maximum atomic E-state index is 12.9. The first-order chi connectivity index (χ1) is 10.1. The van der Waals surface area contributed by atoms with E-state index in [0.29, 0.717) is 10.8 Å². The van der Waals surface area contributed by atoms with Gasteiger partial charge in [0.1, 0.15) is 10.0 Å². The number of piperidine rings is 1. The molecule has 1 aliphatic heterocycles. The van der Waals surface area contributed by atoms with Gasteiger partial charge >= 0.3 is 0 Å². The summed E-state index contributed by atoms with van der Waals surface area (Å²) in [6, 6.07) is 3.46. The molecule has 1 N–H and O–H groups in total. The Hall–Kier alpha value is -1.18. The number of hydrogen-bond acceptors (Lipinski definition) is 4. The van der Waals surface area contributed by atoms with Crippen LogP contribution in [0.3, 0.4) is 0 Å². The Morgan fingerprint density at radius 2 is 2.29 bits per heavy atom. The smallest absolute Gasteiger partial charge is 0.253 e. The quantitative estimate of drug-likeness (QED) is 0.940. The first kappa shape index (κ1) is 14.7. The lowest BCUT2D eigenvalue weighted by molar-refractivity contribution is 0.248. The van der Waals surface area contributed by atoms with Crippen molar-refractivity contribution in [2.24, 2.45) is 0 Å². The van der Waals surface area contributed by atoms with Crippen LogP contribution in [0.25, 0.3) is 0 Å². The van der Waals surface area contributed by atoms with Gasteiger partial charge in [-0.05, 0) is 31.4 Å². The summed E-state index contributed by atoms with van der Waals surface area (Å²) in [4.78, 5) is 8.42. The number of sulfonamides is 1. The monoisotopic (exact) mass is 325 g/mol. The van der Waals surface area contributed by atoms with Crippen LogP contribution in [0.2, 0.25) is 0 Å². The summed E-state index contributed by atoms with van der Waals surface area (Å²) in [6.45, 7) is 2.60. The Labute approximate surface area is 129 Å². The number of aryl methyl sites for hydroxylation is 1. The highest BCUT2D eigenvalue weighted by Crippen LogP contribution is 2.35. The molecule has 0 aromatic carbocycles. The van der Waals surface area contributed by atoms with Crippen molar-refractivity contribution in [3.63, 3.8) is 0 Å².